The third-order valence-electron chi connectivity index (χ3n) is 4.07. The van der Waals surface area contributed by atoms with Crippen LogP contribution in [0, 0.1) is 0 Å². The Morgan fingerprint density at radius 3 is 2.82 bits per heavy atom. The summed E-state index contributed by atoms with van der Waals surface area (Å²) < 4.78 is 0. The van der Waals surface area contributed by atoms with Crippen LogP contribution in [0.1, 0.15) is 36.7 Å². The maximum Gasteiger partial charge on any atom is 0.107 e. The van der Waals surface area contributed by atoms with Crippen LogP contribution in [-0.2, 0) is 6.42 Å². The molecule has 0 bridgehead atoms. The fraction of sp³-hybridized carbons (Fsp3) is 0.769. The van der Waals surface area contributed by atoms with Gasteiger partial charge in [-0.2, -0.15) is 0 Å². The highest BCUT2D eigenvalue weighted by atomic mass is 15.2. The topological polar surface area (TPSA) is 44.0 Å². The second-order valence-corrected chi connectivity index (χ2v) is 5.25. The number of nitrogens with zero attached hydrogens (tertiary/aromatic N) is 2. The van der Waals surface area contributed by atoms with Crippen LogP contribution in [0.2, 0.25) is 0 Å². The molecule has 94 valence electrons. The van der Waals surface area contributed by atoms with Gasteiger partial charge in [0, 0.05) is 57.0 Å². The van der Waals surface area contributed by atoms with Crippen LogP contribution < -0.4 is 5.32 Å². The Bertz CT molecular complexity index is 350. The van der Waals surface area contributed by atoms with E-state index >= 15 is 0 Å². The van der Waals surface area contributed by atoms with E-state index in [0.717, 1.165) is 32.0 Å². The molecule has 1 saturated heterocycles. The number of piperazine rings is 1. The normalized spacial score (nSPS) is 22.6. The number of hydrogen-bond donors (Lipinski definition) is 2. The Kier molecular flexibility index (Phi) is 3.43. The van der Waals surface area contributed by atoms with Gasteiger partial charge in [-0.05, 0) is 12.8 Å². The summed E-state index contributed by atoms with van der Waals surface area (Å²) in [5.41, 5.74) is 1.37. The van der Waals surface area contributed by atoms with Gasteiger partial charge in [0.25, 0.3) is 0 Å². The highest BCUT2D eigenvalue weighted by molar-refractivity contribution is 5.10. The fourth-order valence-corrected chi connectivity index (χ4v) is 2.63. The van der Waals surface area contributed by atoms with Crippen molar-refractivity contribution in [3.63, 3.8) is 0 Å². The average molecular weight is 234 g/mol. The number of hydrogen-bond acceptors (Lipinski definition) is 3. The minimum absolute atomic E-state index is 0.774. The van der Waals surface area contributed by atoms with E-state index in [1.807, 2.05) is 0 Å². The highest BCUT2D eigenvalue weighted by Gasteiger charge is 2.21. The van der Waals surface area contributed by atoms with Gasteiger partial charge in [-0.3, -0.25) is 0 Å². The van der Waals surface area contributed by atoms with Crippen LogP contribution >= 0.6 is 0 Å². The third-order valence-corrected chi connectivity index (χ3v) is 4.07. The lowest BCUT2D eigenvalue weighted by Crippen LogP contribution is -2.44. The quantitative estimate of drug-likeness (QED) is 0.820. The lowest BCUT2D eigenvalue weighted by Gasteiger charge is -2.26. The average Bonchev–Trinajstić information content (AvgIpc) is 2.74. The van der Waals surface area contributed by atoms with E-state index in [0.29, 0.717) is 0 Å². The summed E-state index contributed by atoms with van der Waals surface area (Å²) >= 11 is 0. The predicted molar refractivity (Wildman–Crippen MR) is 68.2 cm³/mol. The first-order chi connectivity index (χ1) is 8.42. The molecule has 4 heteroatoms. The predicted octanol–water partition coefficient (Wildman–Crippen LogP) is 1.12. The zero-order valence-corrected chi connectivity index (χ0v) is 10.4. The zero-order valence-electron chi connectivity index (χ0n) is 10.4. The van der Waals surface area contributed by atoms with Gasteiger partial charge < -0.3 is 15.2 Å². The van der Waals surface area contributed by atoms with Gasteiger partial charge in [0.2, 0.25) is 0 Å². The first-order valence-electron chi connectivity index (χ1n) is 6.88. The van der Waals surface area contributed by atoms with E-state index < -0.39 is 0 Å². The van der Waals surface area contributed by atoms with Gasteiger partial charge in [0.1, 0.15) is 5.82 Å². The molecule has 0 radical (unpaired) electrons. The molecule has 0 atom stereocenters. The maximum absolute atomic E-state index is 4.51. The second kappa shape index (κ2) is 5.19. The van der Waals surface area contributed by atoms with E-state index in [9.17, 15) is 0 Å². The van der Waals surface area contributed by atoms with Crippen LogP contribution in [0.4, 0.5) is 0 Å². The molecule has 0 unspecified atom stereocenters. The maximum atomic E-state index is 4.51. The molecule has 1 aromatic rings. The molecule has 1 aliphatic heterocycles. The van der Waals surface area contributed by atoms with Crippen molar-refractivity contribution in [3.8, 4) is 0 Å². The summed E-state index contributed by atoms with van der Waals surface area (Å²) in [7, 11) is 0. The van der Waals surface area contributed by atoms with Crippen molar-refractivity contribution in [2.75, 3.05) is 32.7 Å². The van der Waals surface area contributed by atoms with Gasteiger partial charge in [-0.1, -0.05) is 6.42 Å². The molecule has 1 aliphatic carbocycles. The molecule has 4 nitrogen and oxygen atoms in total. The first kappa shape index (κ1) is 11.2. The van der Waals surface area contributed by atoms with Crippen LogP contribution in [0.15, 0.2) is 6.20 Å². The van der Waals surface area contributed by atoms with Crippen LogP contribution in [0.25, 0.3) is 0 Å². The Labute approximate surface area is 103 Å². The first-order valence-corrected chi connectivity index (χ1v) is 6.88. The van der Waals surface area contributed by atoms with Crippen LogP contribution in [0.3, 0.4) is 0 Å². The lowest BCUT2D eigenvalue weighted by molar-refractivity contribution is 0.242. The monoisotopic (exact) mass is 234 g/mol. The molecule has 2 N–H and O–H groups in total. The smallest absolute Gasteiger partial charge is 0.107 e. The fourth-order valence-electron chi connectivity index (χ4n) is 2.63. The zero-order chi connectivity index (χ0) is 11.5. The Morgan fingerprint density at radius 2 is 2.12 bits per heavy atom. The van der Waals surface area contributed by atoms with Crippen molar-refractivity contribution in [2.45, 2.75) is 31.6 Å². The molecule has 17 heavy (non-hydrogen) atoms. The van der Waals surface area contributed by atoms with Crippen LogP contribution in [0.5, 0.6) is 0 Å². The van der Waals surface area contributed by atoms with E-state index in [4.69, 9.17) is 0 Å². The molecule has 2 fully saturated rings. The molecule has 0 aromatic carbocycles. The number of aromatic nitrogens is 2. The Morgan fingerprint density at radius 1 is 1.29 bits per heavy atom. The second-order valence-electron chi connectivity index (χ2n) is 5.25. The largest absolute Gasteiger partial charge is 0.346 e. The minimum Gasteiger partial charge on any atom is -0.346 e. The summed E-state index contributed by atoms with van der Waals surface area (Å²) in [5, 5.41) is 3.38. The Hall–Kier alpha value is -0.870. The third kappa shape index (κ3) is 2.69. The molecule has 1 aromatic heterocycles. The summed E-state index contributed by atoms with van der Waals surface area (Å²) in [6.45, 7) is 5.75. The number of imidazole rings is 1. The van der Waals surface area contributed by atoms with Crippen molar-refractivity contribution in [1.29, 1.82) is 0 Å². The molecule has 1 saturated carbocycles. The summed E-state index contributed by atoms with van der Waals surface area (Å²) in [6, 6.07) is 0. The number of H-pyrrole nitrogens is 1. The molecule has 0 amide bonds. The molecule has 3 rings (SSSR count). The summed E-state index contributed by atoms with van der Waals surface area (Å²) in [4.78, 5) is 10.5. The van der Waals surface area contributed by atoms with Crippen molar-refractivity contribution in [1.82, 2.24) is 20.2 Å². The van der Waals surface area contributed by atoms with Gasteiger partial charge in [0.15, 0.2) is 0 Å². The van der Waals surface area contributed by atoms with Gasteiger partial charge in [0.05, 0.1) is 0 Å². The van der Waals surface area contributed by atoms with Gasteiger partial charge in [-0.25, -0.2) is 4.98 Å². The highest BCUT2D eigenvalue weighted by Crippen LogP contribution is 2.35. The molecular weight excluding hydrogens is 212 g/mol. The summed E-state index contributed by atoms with van der Waals surface area (Å²) in [6.07, 6.45) is 7.20. The molecular formula is C13H22N4. The lowest BCUT2D eigenvalue weighted by atomic mass is 9.83. The molecule has 2 heterocycles. The van der Waals surface area contributed by atoms with E-state index in [1.54, 1.807) is 0 Å². The number of nitrogens with one attached hydrogen (secondary N) is 2. The van der Waals surface area contributed by atoms with Crippen molar-refractivity contribution < 1.29 is 0 Å². The standard InChI is InChI=1S/C13H22N4/c1-2-11(3-1)12-10-15-13(16-12)4-7-17-8-5-14-6-9-17/h10-11,14H,1-9H2,(H,15,16). The van der Waals surface area contributed by atoms with Crippen molar-refractivity contribution in [3.05, 3.63) is 17.7 Å². The number of aromatic amines is 1. The molecule has 2 aliphatic rings. The van der Waals surface area contributed by atoms with Crippen molar-refractivity contribution >= 4 is 0 Å². The summed E-state index contributed by atoms with van der Waals surface area (Å²) in [5.74, 6) is 1.95. The number of rotatable bonds is 4. The van der Waals surface area contributed by atoms with E-state index in [1.165, 1.54) is 43.9 Å². The minimum atomic E-state index is 0.774. The van der Waals surface area contributed by atoms with Gasteiger partial charge in [-0.15, -0.1) is 0 Å². The SMILES string of the molecule is c1nc(CCN2CCNCC2)[nH]c1C1CCC1. The Balaban J connectivity index is 1.48. The van der Waals surface area contributed by atoms with Gasteiger partial charge >= 0.3 is 0 Å². The van der Waals surface area contributed by atoms with E-state index in [2.05, 4.69) is 26.4 Å². The van der Waals surface area contributed by atoms with Crippen molar-refractivity contribution in [2.24, 2.45) is 0 Å². The van der Waals surface area contributed by atoms with Crippen LogP contribution in [-0.4, -0.2) is 47.6 Å². The van der Waals surface area contributed by atoms with E-state index in [-0.39, 0.29) is 0 Å². The molecule has 0 spiro atoms.